The highest BCUT2D eigenvalue weighted by Gasteiger charge is 2.41. The minimum atomic E-state index is -2.99. The van der Waals surface area contributed by atoms with Crippen LogP contribution < -0.4 is 5.73 Å². The number of aromatic nitrogens is 3. The van der Waals surface area contributed by atoms with Gasteiger partial charge in [-0.15, -0.1) is 0 Å². The molecule has 1 unspecified atom stereocenters. The van der Waals surface area contributed by atoms with Gasteiger partial charge in [-0.2, -0.15) is 0 Å². The third kappa shape index (κ3) is 1.58. The van der Waals surface area contributed by atoms with Crippen LogP contribution in [-0.2, 0) is 15.4 Å². The molecule has 7 heteroatoms. The number of sulfone groups is 1. The van der Waals surface area contributed by atoms with Crippen LogP contribution in [0.15, 0.2) is 18.5 Å². The van der Waals surface area contributed by atoms with E-state index < -0.39 is 15.4 Å². The smallest absolute Gasteiger partial charge is 0.201 e. The van der Waals surface area contributed by atoms with Crippen LogP contribution in [0.4, 0.5) is 5.95 Å². The van der Waals surface area contributed by atoms with E-state index in [-0.39, 0.29) is 11.5 Å². The summed E-state index contributed by atoms with van der Waals surface area (Å²) in [4.78, 5) is 8.23. The summed E-state index contributed by atoms with van der Waals surface area (Å²) < 4.78 is 25.2. The zero-order chi connectivity index (χ0) is 13.0. The fourth-order valence-corrected chi connectivity index (χ4v) is 4.80. The standard InChI is InChI=1S/C11H14N4O2S/c1-11(3-5-18(16,17)7-11)15-9-2-4-13-6-8(9)14-10(15)12/h2,4,6H,3,5,7H2,1H3,(H2,12,14). The zero-order valence-electron chi connectivity index (χ0n) is 10.00. The summed E-state index contributed by atoms with van der Waals surface area (Å²) in [6.07, 6.45) is 3.86. The Hall–Kier alpha value is -1.63. The number of rotatable bonds is 1. The summed E-state index contributed by atoms with van der Waals surface area (Å²) in [6.45, 7) is 1.91. The molecule has 6 nitrogen and oxygen atoms in total. The van der Waals surface area contributed by atoms with Crippen molar-refractivity contribution in [1.82, 2.24) is 14.5 Å². The van der Waals surface area contributed by atoms with Crippen molar-refractivity contribution in [3.8, 4) is 0 Å². The maximum absolute atomic E-state index is 11.7. The molecule has 0 aliphatic carbocycles. The highest BCUT2D eigenvalue weighted by Crippen LogP contribution is 2.35. The maximum Gasteiger partial charge on any atom is 0.201 e. The number of imidazole rings is 1. The molecule has 1 fully saturated rings. The second-order valence-corrected chi connectivity index (χ2v) is 7.19. The number of nitrogen functional groups attached to an aromatic ring is 1. The molecule has 0 bridgehead atoms. The maximum atomic E-state index is 11.7. The van der Waals surface area contributed by atoms with Crippen LogP contribution in [0.5, 0.6) is 0 Å². The van der Waals surface area contributed by atoms with E-state index in [0.717, 1.165) is 5.52 Å². The molecule has 18 heavy (non-hydrogen) atoms. The van der Waals surface area contributed by atoms with Gasteiger partial charge in [-0.1, -0.05) is 0 Å². The van der Waals surface area contributed by atoms with Gasteiger partial charge in [0, 0.05) is 6.20 Å². The molecule has 0 saturated carbocycles. The van der Waals surface area contributed by atoms with Crippen LogP contribution in [0.1, 0.15) is 13.3 Å². The molecule has 2 aromatic heterocycles. The van der Waals surface area contributed by atoms with Crippen LogP contribution in [0.25, 0.3) is 11.0 Å². The minimum absolute atomic E-state index is 0.109. The molecule has 1 aliphatic heterocycles. The van der Waals surface area contributed by atoms with Gasteiger partial charge in [0.1, 0.15) is 5.52 Å². The average molecular weight is 266 g/mol. The molecule has 3 heterocycles. The average Bonchev–Trinajstić information content (AvgIpc) is 2.75. The molecular weight excluding hydrogens is 252 g/mol. The van der Waals surface area contributed by atoms with Gasteiger partial charge < -0.3 is 10.3 Å². The molecule has 0 spiro atoms. The lowest BCUT2D eigenvalue weighted by Gasteiger charge is -2.26. The lowest BCUT2D eigenvalue weighted by Crippen LogP contribution is -2.32. The Kier molecular flexibility index (Phi) is 2.19. The quantitative estimate of drug-likeness (QED) is 0.813. The highest BCUT2D eigenvalue weighted by molar-refractivity contribution is 7.91. The van der Waals surface area contributed by atoms with Gasteiger partial charge >= 0.3 is 0 Å². The molecule has 1 aliphatic rings. The van der Waals surface area contributed by atoms with Crippen molar-refractivity contribution in [2.45, 2.75) is 18.9 Å². The van der Waals surface area contributed by atoms with Gasteiger partial charge in [0.05, 0.1) is 28.8 Å². The van der Waals surface area contributed by atoms with Crippen LogP contribution in [-0.4, -0.2) is 34.5 Å². The Balaban J connectivity index is 2.24. The van der Waals surface area contributed by atoms with Gasteiger partial charge in [0.2, 0.25) is 5.95 Å². The van der Waals surface area contributed by atoms with Crippen molar-refractivity contribution in [2.75, 3.05) is 17.2 Å². The molecular formula is C11H14N4O2S. The summed E-state index contributed by atoms with van der Waals surface area (Å²) >= 11 is 0. The molecule has 0 radical (unpaired) electrons. The van der Waals surface area contributed by atoms with Crippen molar-refractivity contribution in [1.29, 1.82) is 0 Å². The van der Waals surface area contributed by atoms with Crippen molar-refractivity contribution >= 4 is 26.8 Å². The summed E-state index contributed by atoms with van der Waals surface area (Å²) in [5.74, 6) is 0.656. The number of nitrogens with two attached hydrogens (primary N) is 1. The van der Waals surface area contributed by atoms with Crippen molar-refractivity contribution in [3.05, 3.63) is 18.5 Å². The molecule has 2 N–H and O–H groups in total. The fourth-order valence-electron chi connectivity index (χ4n) is 2.69. The summed E-state index contributed by atoms with van der Waals surface area (Å²) in [6, 6.07) is 1.81. The molecule has 2 aromatic rings. The van der Waals surface area contributed by atoms with E-state index in [1.807, 2.05) is 17.6 Å². The molecule has 3 rings (SSSR count). The van der Waals surface area contributed by atoms with E-state index in [4.69, 9.17) is 5.73 Å². The van der Waals surface area contributed by atoms with Crippen LogP contribution in [0, 0.1) is 0 Å². The molecule has 96 valence electrons. The third-order valence-electron chi connectivity index (χ3n) is 3.51. The molecule has 1 saturated heterocycles. The highest BCUT2D eigenvalue weighted by atomic mass is 32.2. The molecule has 0 aromatic carbocycles. The number of hydrogen-bond donors (Lipinski definition) is 1. The first kappa shape index (κ1) is 11.5. The van der Waals surface area contributed by atoms with Crippen LogP contribution in [0.3, 0.4) is 0 Å². The monoisotopic (exact) mass is 266 g/mol. The Morgan fingerprint density at radius 2 is 2.28 bits per heavy atom. The fraction of sp³-hybridized carbons (Fsp3) is 0.455. The van der Waals surface area contributed by atoms with E-state index in [0.29, 0.717) is 17.9 Å². The minimum Gasteiger partial charge on any atom is -0.369 e. The predicted octanol–water partition coefficient (Wildman–Crippen LogP) is 0.547. The Bertz CT molecular complexity index is 722. The SMILES string of the molecule is CC1(n2c(N)nc3cnccc32)CCS(=O)(=O)C1. The lowest BCUT2D eigenvalue weighted by molar-refractivity contribution is 0.381. The number of hydrogen-bond acceptors (Lipinski definition) is 5. The molecule has 1 atom stereocenters. The second-order valence-electron chi connectivity index (χ2n) is 5.01. The van der Waals surface area contributed by atoms with E-state index in [1.165, 1.54) is 0 Å². The van der Waals surface area contributed by atoms with E-state index >= 15 is 0 Å². The summed E-state index contributed by atoms with van der Waals surface area (Å²) in [7, 11) is -2.99. The summed E-state index contributed by atoms with van der Waals surface area (Å²) in [5, 5.41) is 0. The second kappa shape index (κ2) is 3.44. The number of fused-ring (bicyclic) bond motifs is 1. The van der Waals surface area contributed by atoms with E-state index in [1.54, 1.807) is 12.4 Å². The number of nitrogens with zero attached hydrogens (tertiary/aromatic N) is 3. The Labute approximate surface area is 105 Å². The van der Waals surface area contributed by atoms with Crippen molar-refractivity contribution in [3.63, 3.8) is 0 Å². The Morgan fingerprint density at radius 3 is 2.94 bits per heavy atom. The Morgan fingerprint density at radius 1 is 1.50 bits per heavy atom. The van der Waals surface area contributed by atoms with Crippen LogP contribution >= 0.6 is 0 Å². The van der Waals surface area contributed by atoms with Crippen molar-refractivity contribution < 1.29 is 8.42 Å². The van der Waals surface area contributed by atoms with Gasteiger partial charge in [0.25, 0.3) is 0 Å². The molecule has 0 amide bonds. The number of anilines is 1. The first-order chi connectivity index (χ1) is 8.41. The van der Waals surface area contributed by atoms with Gasteiger partial charge in [-0.3, -0.25) is 4.98 Å². The van der Waals surface area contributed by atoms with Crippen LogP contribution in [0.2, 0.25) is 0 Å². The normalized spacial score (nSPS) is 26.7. The van der Waals surface area contributed by atoms with Gasteiger partial charge in [-0.25, -0.2) is 13.4 Å². The van der Waals surface area contributed by atoms with E-state index in [9.17, 15) is 8.42 Å². The van der Waals surface area contributed by atoms with Crippen molar-refractivity contribution in [2.24, 2.45) is 0 Å². The predicted molar refractivity (Wildman–Crippen MR) is 68.9 cm³/mol. The first-order valence-corrected chi connectivity index (χ1v) is 7.52. The van der Waals surface area contributed by atoms with E-state index in [2.05, 4.69) is 9.97 Å². The van der Waals surface area contributed by atoms with Gasteiger partial charge in [-0.05, 0) is 19.4 Å². The topological polar surface area (TPSA) is 90.9 Å². The first-order valence-electron chi connectivity index (χ1n) is 5.70. The third-order valence-corrected chi connectivity index (χ3v) is 5.39. The van der Waals surface area contributed by atoms with Gasteiger partial charge in [0.15, 0.2) is 9.84 Å². The largest absolute Gasteiger partial charge is 0.369 e. The lowest BCUT2D eigenvalue weighted by atomic mass is 10.0. The number of pyridine rings is 1. The zero-order valence-corrected chi connectivity index (χ0v) is 10.8. The summed E-state index contributed by atoms with van der Waals surface area (Å²) in [5.41, 5.74) is 6.95.